The van der Waals surface area contributed by atoms with E-state index in [0.29, 0.717) is 36.8 Å². The molecule has 1 saturated heterocycles. The molecule has 1 aliphatic heterocycles. The number of imidazole rings is 1. The van der Waals surface area contributed by atoms with Gasteiger partial charge in [0.1, 0.15) is 17.6 Å². The monoisotopic (exact) mass is 465 g/mol. The van der Waals surface area contributed by atoms with Crippen molar-refractivity contribution >= 4 is 5.69 Å². The number of benzene rings is 1. The van der Waals surface area contributed by atoms with Crippen molar-refractivity contribution in [3.05, 3.63) is 65.6 Å². The molecule has 1 aliphatic rings. The molecule has 2 aromatic heterocycles. The number of nitrogens with zero attached hydrogens (tertiary/aromatic N) is 5. The summed E-state index contributed by atoms with van der Waals surface area (Å²) < 4.78 is 7.17. The number of piperazine rings is 1. The van der Waals surface area contributed by atoms with E-state index < -0.39 is 12.2 Å². The summed E-state index contributed by atoms with van der Waals surface area (Å²) in [5, 5.41) is 32.7. The molecule has 1 fully saturated rings. The topological polar surface area (TPSA) is 111 Å². The molecule has 1 unspecified atom stereocenters. The Morgan fingerprint density at radius 1 is 1.09 bits per heavy atom. The highest BCUT2D eigenvalue weighted by Gasteiger charge is 2.19. The summed E-state index contributed by atoms with van der Waals surface area (Å²) in [5.41, 5.74) is 2.75. The molecule has 9 nitrogen and oxygen atoms in total. The van der Waals surface area contributed by atoms with Gasteiger partial charge in [0.2, 0.25) is 5.76 Å². The number of rotatable bonds is 8. The van der Waals surface area contributed by atoms with E-state index in [9.17, 15) is 10.2 Å². The summed E-state index contributed by atoms with van der Waals surface area (Å²) >= 11 is 0. The van der Waals surface area contributed by atoms with Crippen LogP contribution >= 0.6 is 0 Å². The molecule has 3 aromatic rings. The van der Waals surface area contributed by atoms with Crippen LogP contribution in [0.3, 0.4) is 0 Å². The summed E-state index contributed by atoms with van der Waals surface area (Å²) in [4.78, 5) is 8.72. The van der Waals surface area contributed by atoms with E-state index in [1.54, 1.807) is 25.4 Å². The first-order valence-electron chi connectivity index (χ1n) is 11.5. The lowest BCUT2D eigenvalue weighted by molar-refractivity contribution is 0.0851. The zero-order valence-corrected chi connectivity index (χ0v) is 19.3. The minimum Gasteiger partial charge on any atom is -0.396 e. The van der Waals surface area contributed by atoms with Gasteiger partial charge in [-0.2, -0.15) is 0 Å². The number of aromatic nitrogens is 3. The Balaban J connectivity index is 1.30. The van der Waals surface area contributed by atoms with Crippen LogP contribution < -0.4 is 4.90 Å². The average molecular weight is 466 g/mol. The van der Waals surface area contributed by atoms with Crippen molar-refractivity contribution in [3.63, 3.8) is 0 Å². The predicted octanol–water partition coefficient (Wildman–Crippen LogP) is 1.24. The number of anilines is 1. The first-order valence-corrected chi connectivity index (χ1v) is 11.5. The fourth-order valence-electron chi connectivity index (χ4n) is 4.06. The third-order valence-corrected chi connectivity index (χ3v) is 5.88. The quantitative estimate of drug-likeness (QED) is 0.426. The fraction of sp³-hybridized carbons (Fsp3) is 0.440. The maximum Gasteiger partial charge on any atom is 0.210 e. The van der Waals surface area contributed by atoms with Gasteiger partial charge in [0.25, 0.3) is 0 Å². The van der Waals surface area contributed by atoms with Gasteiger partial charge in [0.05, 0.1) is 12.6 Å². The Kier molecular flexibility index (Phi) is 7.98. The van der Waals surface area contributed by atoms with E-state index in [4.69, 9.17) is 9.63 Å². The van der Waals surface area contributed by atoms with Gasteiger partial charge in [0.15, 0.2) is 0 Å². The molecule has 1 aromatic carbocycles. The second-order valence-corrected chi connectivity index (χ2v) is 8.52. The maximum atomic E-state index is 9.89. The predicted molar refractivity (Wildman–Crippen MR) is 127 cm³/mol. The molecule has 0 aliphatic carbocycles. The lowest BCUT2D eigenvalue weighted by Gasteiger charge is -2.36. The van der Waals surface area contributed by atoms with Gasteiger partial charge in [-0.15, -0.1) is 0 Å². The van der Waals surface area contributed by atoms with E-state index in [-0.39, 0.29) is 6.61 Å². The minimum atomic E-state index is -0.655. The molecular weight excluding hydrogens is 434 g/mol. The van der Waals surface area contributed by atoms with Crippen molar-refractivity contribution in [2.75, 3.05) is 44.2 Å². The molecule has 0 bridgehead atoms. The van der Waals surface area contributed by atoms with Crippen molar-refractivity contribution in [1.29, 1.82) is 0 Å². The van der Waals surface area contributed by atoms with Crippen LogP contribution in [0.25, 0.3) is 0 Å². The van der Waals surface area contributed by atoms with E-state index in [2.05, 4.69) is 43.9 Å². The molecule has 180 valence electrons. The first-order chi connectivity index (χ1) is 16.5. The smallest absolute Gasteiger partial charge is 0.210 e. The van der Waals surface area contributed by atoms with Gasteiger partial charge < -0.3 is 29.3 Å². The van der Waals surface area contributed by atoms with Crippen LogP contribution in [0.15, 0.2) is 47.2 Å². The van der Waals surface area contributed by atoms with Crippen molar-refractivity contribution in [2.24, 2.45) is 0 Å². The highest BCUT2D eigenvalue weighted by Crippen LogP contribution is 2.18. The first kappa shape index (κ1) is 24.0. The molecule has 0 amide bonds. The van der Waals surface area contributed by atoms with Crippen molar-refractivity contribution in [3.8, 4) is 11.8 Å². The third-order valence-electron chi connectivity index (χ3n) is 5.88. The van der Waals surface area contributed by atoms with Crippen LogP contribution in [0, 0.1) is 11.8 Å². The maximum absolute atomic E-state index is 9.89. The molecule has 0 radical (unpaired) electrons. The van der Waals surface area contributed by atoms with Gasteiger partial charge in [-0.3, -0.25) is 4.90 Å². The van der Waals surface area contributed by atoms with Crippen LogP contribution in [0.5, 0.6) is 0 Å². The van der Waals surface area contributed by atoms with Crippen molar-refractivity contribution in [1.82, 2.24) is 19.6 Å². The second kappa shape index (κ2) is 11.3. The van der Waals surface area contributed by atoms with Gasteiger partial charge in [-0.1, -0.05) is 11.1 Å². The lowest BCUT2D eigenvalue weighted by atomic mass is 10.1. The molecule has 9 heteroatoms. The lowest BCUT2D eigenvalue weighted by Crippen LogP contribution is -2.48. The molecular formula is C25H31N5O4. The standard InChI is InChI=1S/C25H31N5O4/c1-19(32)25-26-9-10-30(25)17-21-16-24(34-27-21)7-4-20-2-5-22(6-3-20)29-13-11-28(12-14-29)18-23(33)8-15-31/h2-3,5-6,9-10,16,19,23,31-33H,8,11-15,17-18H2,1H3/t19-,23?/m0/s1. The third kappa shape index (κ3) is 6.24. The Labute approximate surface area is 199 Å². The fourth-order valence-corrected chi connectivity index (χ4v) is 4.06. The van der Waals surface area contributed by atoms with Crippen LogP contribution in [0.1, 0.15) is 42.3 Å². The molecule has 3 heterocycles. The van der Waals surface area contributed by atoms with Gasteiger partial charge >= 0.3 is 0 Å². The molecule has 4 rings (SSSR count). The highest BCUT2D eigenvalue weighted by molar-refractivity contribution is 5.51. The highest BCUT2D eigenvalue weighted by atomic mass is 16.5. The van der Waals surface area contributed by atoms with Crippen molar-refractivity contribution < 1.29 is 19.8 Å². The Morgan fingerprint density at radius 3 is 2.56 bits per heavy atom. The summed E-state index contributed by atoms with van der Waals surface area (Å²) in [6.07, 6.45) is 2.74. The zero-order chi connectivity index (χ0) is 23.9. The Bertz CT molecular complexity index is 1100. The molecule has 0 saturated carbocycles. The van der Waals surface area contributed by atoms with Gasteiger partial charge in [-0.05, 0) is 43.5 Å². The molecule has 34 heavy (non-hydrogen) atoms. The van der Waals surface area contributed by atoms with Crippen molar-refractivity contribution in [2.45, 2.75) is 32.1 Å². The Morgan fingerprint density at radius 2 is 1.85 bits per heavy atom. The van der Waals surface area contributed by atoms with Crippen LogP contribution in [-0.2, 0) is 6.54 Å². The largest absolute Gasteiger partial charge is 0.396 e. The SMILES string of the molecule is C[C@H](O)c1nccn1Cc1cc(C#Cc2ccc(N3CCN(CC(O)CCO)CC3)cc2)on1. The minimum absolute atomic E-state index is 0.0181. The number of aliphatic hydroxyl groups is 3. The van der Waals surface area contributed by atoms with E-state index in [0.717, 1.165) is 37.4 Å². The number of β-amino-alcohol motifs (C(OH)–C–C–N with tert-alkyl or cyclic N) is 1. The summed E-state index contributed by atoms with van der Waals surface area (Å²) in [6, 6.07) is 9.93. The molecule has 3 N–H and O–H groups in total. The van der Waals surface area contributed by atoms with Crippen LogP contribution in [0.2, 0.25) is 0 Å². The van der Waals surface area contributed by atoms with Crippen LogP contribution in [0.4, 0.5) is 5.69 Å². The summed E-state index contributed by atoms with van der Waals surface area (Å²) in [7, 11) is 0. The Hall–Kier alpha value is -3.16. The average Bonchev–Trinajstić information content (AvgIpc) is 3.49. The van der Waals surface area contributed by atoms with E-state index >= 15 is 0 Å². The van der Waals surface area contributed by atoms with Gasteiger partial charge in [-0.25, -0.2) is 4.98 Å². The summed E-state index contributed by atoms with van der Waals surface area (Å²) in [5.74, 6) is 7.20. The second-order valence-electron chi connectivity index (χ2n) is 8.52. The molecule has 0 spiro atoms. The van der Waals surface area contributed by atoms with Gasteiger partial charge in [0, 0.05) is 69.0 Å². The number of aliphatic hydroxyl groups excluding tert-OH is 3. The number of hydrogen-bond acceptors (Lipinski definition) is 8. The van der Waals surface area contributed by atoms with E-state index in [1.165, 1.54) is 0 Å². The van der Waals surface area contributed by atoms with Crippen LogP contribution in [-0.4, -0.2) is 80.4 Å². The normalized spacial score (nSPS) is 16.2. The molecule has 2 atom stereocenters. The number of hydrogen-bond donors (Lipinski definition) is 3. The van der Waals surface area contributed by atoms with E-state index in [1.807, 2.05) is 16.7 Å². The zero-order valence-electron chi connectivity index (χ0n) is 19.3. The summed E-state index contributed by atoms with van der Waals surface area (Å²) in [6.45, 7) is 6.31.